The van der Waals surface area contributed by atoms with Gasteiger partial charge in [0.25, 0.3) is 5.91 Å². The van der Waals surface area contributed by atoms with Gasteiger partial charge in [-0.2, -0.15) is 9.49 Å². The first-order chi connectivity index (χ1) is 20.1. The number of carbonyl (C=O) groups is 1. The van der Waals surface area contributed by atoms with Crippen LogP contribution in [0.25, 0.3) is 28.1 Å². The first-order valence-electron chi connectivity index (χ1n) is 13.3. The molecule has 1 aliphatic heterocycles. The van der Waals surface area contributed by atoms with Crippen LogP contribution in [0.3, 0.4) is 0 Å². The van der Waals surface area contributed by atoms with Crippen LogP contribution < -0.4 is 18.9 Å². The number of fused-ring (bicyclic) bond motifs is 3. The monoisotopic (exact) mass is 576 g/mol. The van der Waals surface area contributed by atoms with Crippen LogP contribution in [0.4, 0.5) is 4.39 Å². The van der Waals surface area contributed by atoms with Crippen molar-refractivity contribution >= 4 is 5.91 Å². The van der Waals surface area contributed by atoms with Crippen LogP contribution in [0.15, 0.2) is 48.7 Å². The van der Waals surface area contributed by atoms with Crippen LogP contribution >= 0.6 is 0 Å². The summed E-state index contributed by atoms with van der Waals surface area (Å²) in [5.74, 6) is 0.960. The molecule has 0 fully saturated rings. The summed E-state index contributed by atoms with van der Waals surface area (Å²) in [6.07, 6.45) is 1.76. The van der Waals surface area contributed by atoms with E-state index in [1.807, 2.05) is 13.8 Å². The van der Waals surface area contributed by atoms with Gasteiger partial charge in [0.15, 0.2) is 5.69 Å². The SMILES string of the molecule is COc1cc(OC)cc(-n2nc(C(=O)N(C)C(C)(C)CCO)c3c2-c2cc(-c4cccnc4F)c(OC)cc2OC3)c1. The number of amides is 1. The van der Waals surface area contributed by atoms with Crippen LogP contribution in [0.1, 0.15) is 36.3 Å². The average Bonchev–Trinajstić information content (AvgIpc) is 3.39. The smallest absolute Gasteiger partial charge is 0.274 e. The third kappa shape index (κ3) is 5.00. The third-order valence-corrected chi connectivity index (χ3v) is 7.68. The molecule has 2 aromatic heterocycles. The van der Waals surface area contributed by atoms with Gasteiger partial charge in [-0.1, -0.05) is 0 Å². The summed E-state index contributed by atoms with van der Waals surface area (Å²) >= 11 is 0. The lowest BCUT2D eigenvalue weighted by molar-refractivity contribution is 0.0565. The normalized spacial score (nSPS) is 12.2. The molecule has 0 spiro atoms. The van der Waals surface area contributed by atoms with Crippen LogP contribution in [0.2, 0.25) is 0 Å². The van der Waals surface area contributed by atoms with Gasteiger partial charge in [0, 0.05) is 71.9 Å². The Kier molecular flexibility index (Phi) is 7.79. The zero-order chi connectivity index (χ0) is 30.2. The zero-order valence-electron chi connectivity index (χ0n) is 24.4. The van der Waals surface area contributed by atoms with Gasteiger partial charge >= 0.3 is 0 Å². The molecule has 0 unspecified atom stereocenters. The molecule has 0 radical (unpaired) electrons. The number of aliphatic hydroxyl groups is 1. The summed E-state index contributed by atoms with van der Waals surface area (Å²) in [7, 11) is 6.29. The molecule has 0 atom stereocenters. The Balaban J connectivity index is 1.79. The highest BCUT2D eigenvalue weighted by atomic mass is 19.1. The number of nitrogens with zero attached hydrogens (tertiary/aromatic N) is 4. The molecule has 220 valence electrons. The maximum atomic E-state index is 14.9. The predicted molar refractivity (Wildman–Crippen MR) is 154 cm³/mol. The van der Waals surface area contributed by atoms with E-state index in [0.29, 0.717) is 57.5 Å². The molecule has 5 rings (SSSR count). The fourth-order valence-corrected chi connectivity index (χ4v) is 4.99. The second-order valence-corrected chi connectivity index (χ2v) is 10.5. The topological polar surface area (TPSA) is 108 Å². The summed E-state index contributed by atoms with van der Waals surface area (Å²) < 4.78 is 39.3. The van der Waals surface area contributed by atoms with E-state index in [9.17, 15) is 14.3 Å². The van der Waals surface area contributed by atoms with E-state index in [4.69, 9.17) is 24.0 Å². The minimum absolute atomic E-state index is 0.0581. The molecule has 4 aromatic rings. The minimum atomic E-state index is -0.651. The standard InChI is InChI=1S/C31H33FN4O6/c1-31(2,9-11-37)35(3)30(38)27-24-17-42-26-16-25(41-6)22(21-8-7-10-33-29(21)32)15-23(26)28(24)36(34-27)18-12-19(39-4)14-20(13-18)40-5/h7-8,10,12-16,37H,9,11,17H2,1-6H3. The lowest BCUT2D eigenvalue weighted by Gasteiger charge is -2.35. The van der Waals surface area contributed by atoms with Gasteiger partial charge in [-0.15, -0.1) is 0 Å². The molecule has 1 aliphatic rings. The number of ether oxygens (including phenoxy) is 4. The Labute approximate surface area is 243 Å². The number of hydrogen-bond acceptors (Lipinski definition) is 8. The van der Waals surface area contributed by atoms with Crippen molar-refractivity contribution in [1.82, 2.24) is 19.7 Å². The van der Waals surface area contributed by atoms with Gasteiger partial charge in [0.2, 0.25) is 5.95 Å². The molecule has 3 heterocycles. The average molecular weight is 577 g/mol. The molecule has 0 aliphatic carbocycles. The Bertz CT molecular complexity index is 1630. The van der Waals surface area contributed by atoms with Crippen molar-refractivity contribution in [3.63, 3.8) is 0 Å². The summed E-state index contributed by atoms with van der Waals surface area (Å²) in [4.78, 5) is 19.3. The van der Waals surface area contributed by atoms with E-state index in [1.54, 1.807) is 73.3 Å². The van der Waals surface area contributed by atoms with Gasteiger partial charge in [0.05, 0.1) is 32.7 Å². The molecular weight excluding hydrogens is 543 g/mol. The predicted octanol–water partition coefficient (Wildman–Crippen LogP) is 4.89. The molecule has 2 aromatic carbocycles. The van der Waals surface area contributed by atoms with Gasteiger partial charge in [-0.3, -0.25) is 4.79 Å². The number of benzene rings is 2. The summed E-state index contributed by atoms with van der Waals surface area (Å²) in [6.45, 7) is 3.74. The minimum Gasteiger partial charge on any atom is -0.497 e. The molecule has 42 heavy (non-hydrogen) atoms. The second-order valence-electron chi connectivity index (χ2n) is 10.5. The van der Waals surface area contributed by atoms with E-state index in [1.165, 1.54) is 13.3 Å². The fourth-order valence-electron chi connectivity index (χ4n) is 4.99. The lowest BCUT2D eigenvalue weighted by atomic mass is 9.95. The largest absolute Gasteiger partial charge is 0.497 e. The van der Waals surface area contributed by atoms with Crippen LogP contribution in [0.5, 0.6) is 23.0 Å². The van der Waals surface area contributed by atoms with E-state index < -0.39 is 11.5 Å². The Hall–Kier alpha value is -4.64. The highest BCUT2D eigenvalue weighted by Gasteiger charge is 2.36. The van der Waals surface area contributed by atoms with Crippen molar-refractivity contribution in [2.24, 2.45) is 0 Å². The third-order valence-electron chi connectivity index (χ3n) is 7.68. The maximum Gasteiger partial charge on any atom is 0.274 e. The van der Waals surface area contributed by atoms with E-state index >= 15 is 0 Å². The van der Waals surface area contributed by atoms with E-state index in [-0.39, 0.29) is 30.4 Å². The molecule has 11 heteroatoms. The first-order valence-corrected chi connectivity index (χ1v) is 13.3. The van der Waals surface area contributed by atoms with Crippen molar-refractivity contribution in [1.29, 1.82) is 0 Å². The number of methoxy groups -OCH3 is 3. The van der Waals surface area contributed by atoms with Crippen molar-refractivity contribution in [2.75, 3.05) is 35.0 Å². The number of rotatable bonds is 9. The zero-order valence-corrected chi connectivity index (χ0v) is 24.4. The van der Waals surface area contributed by atoms with Gasteiger partial charge in [-0.05, 0) is 38.5 Å². The molecule has 1 amide bonds. The van der Waals surface area contributed by atoms with Crippen LogP contribution in [0, 0.1) is 5.95 Å². The van der Waals surface area contributed by atoms with Gasteiger partial charge in [0.1, 0.15) is 29.6 Å². The van der Waals surface area contributed by atoms with E-state index in [2.05, 4.69) is 4.98 Å². The van der Waals surface area contributed by atoms with Crippen molar-refractivity contribution in [2.45, 2.75) is 32.4 Å². The summed E-state index contributed by atoms with van der Waals surface area (Å²) in [5.41, 5.74) is 2.57. The highest BCUT2D eigenvalue weighted by Crippen LogP contribution is 2.46. The molecule has 0 saturated carbocycles. The van der Waals surface area contributed by atoms with Gasteiger partial charge in [-0.25, -0.2) is 9.67 Å². The number of hydrogen-bond donors (Lipinski definition) is 1. The number of aliphatic hydroxyl groups excluding tert-OH is 1. The lowest BCUT2D eigenvalue weighted by Crippen LogP contribution is -2.46. The van der Waals surface area contributed by atoms with Crippen molar-refractivity contribution in [3.8, 4) is 51.1 Å². The molecule has 0 saturated heterocycles. The molecule has 10 nitrogen and oxygen atoms in total. The van der Waals surface area contributed by atoms with Crippen LogP contribution in [-0.2, 0) is 6.61 Å². The molecular formula is C31H33FN4O6. The summed E-state index contributed by atoms with van der Waals surface area (Å²) in [5, 5.41) is 14.4. The first kappa shape index (κ1) is 28.9. The molecule has 1 N–H and O–H groups in total. The van der Waals surface area contributed by atoms with E-state index in [0.717, 1.165) is 0 Å². The Morgan fingerprint density at radius 3 is 2.40 bits per heavy atom. The van der Waals surface area contributed by atoms with Gasteiger partial charge < -0.3 is 29.0 Å². The Morgan fingerprint density at radius 2 is 1.79 bits per heavy atom. The van der Waals surface area contributed by atoms with Crippen molar-refractivity contribution in [3.05, 3.63) is 65.9 Å². The highest BCUT2D eigenvalue weighted by molar-refractivity contribution is 5.97. The number of halogens is 1. The number of aromatic nitrogens is 3. The fraction of sp³-hybridized carbons (Fsp3) is 0.323. The number of carbonyl (C=O) groups excluding carboxylic acids is 1. The maximum absolute atomic E-state index is 14.9. The summed E-state index contributed by atoms with van der Waals surface area (Å²) in [6, 6.07) is 12.0. The quantitative estimate of drug-likeness (QED) is 0.281. The second kappa shape index (κ2) is 11.3. The molecule has 0 bridgehead atoms. The number of pyridine rings is 1. The van der Waals surface area contributed by atoms with Crippen LogP contribution in [-0.4, -0.2) is 71.2 Å². The van der Waals surface area contributed by atoms with Crippen molar-refractivity contribution < 1.29 is 33.2 Å². The Morgan fingerprint density at radius 1 is 1.07 bits per heavy atom.